The topological polar surface area (TPSA) is 74.4 Å². The van der Waals surface area contributed by atoms with Crippen LogP contribution in [0.5, 0.6) is 0 Å². The Morgan fingerprint density at radius 1 is 1.44 bits per heavy atom. The number of hydrazine groups is 1. The number of amides is 2. The predicted molar refractivity (Wildman–Crippen MR) is 64.9 cm³/mol. The lowest BCUT2D eigenvalue weighted by atomic mass is 10.2. The third-order valence-electron chi connectivity index (χ3n) is 2.14. The number of nitrogens with one attached hydrogen (secondary N) is 4. The molecule has 1 aliphatic heterocycles. The van der Waals surface area contributed by atoms with Crippen LogP contribution in [0, 0.1) is 0 Å². The highest BCUT2D eigenvalue weighted by Gasteiger charge is 2.15. The number of thiocarbonyl (C=S) groups is 1. The van der Waals surface area contributed by atoms with Crippen molar-refractivity contribution in [3.8, 4) is 0 Å². The van der Waals surface area contributed by atoms with E-state index in [1.165, 1.54) is 0 Å². The largest absolute Gasteiger partial charge is 0.376 e. The van der Waals surface area contributed by atoms with E-state index in [0.717, 1.165) is 19.4 Å². The summed E-state index contributed by atoms with van der Waals surface area (Å²) < 4.78 is 5.42. The van der Waals surface area contributed by atoms with Gasteiger partial charge in [-0.15, -0.1) is 0 Å². The first-order valence-electron chi connectivity index (χ1n) is 5.41. The Morgan fingerprint density at radius 2 is 2.25 bits per heavy atom. The SMILES string of the molecule is CCNC(=O)NNC(=S)NC[C@H]1CCCO1. The summed E-state index contributed by atoms with van der Waals surface area (Å²) in [4.78, 5) is 11.0. The molecule has 1 saturated heterocycles. The summed E-state index contributed by atoms with van der Waals surface area (Å²) in [5, 5.41) is 5.94. The first kappa shape index (κ1) is 13.0. The van der Waals surface area contributed by atoms with Crippen molar-refractivity contribution in [3.63, 3.8) is 0 Å². The van der Waals surface area contributed by atoms with E-state index in [-0.39, 0.29) is 12.1 Å². The summed E-state index contributed by atoms with van der Waals surface area (Å²) >= 11 is 4.97. The van der Waals surface area contributed by atoms with Crippen LogP contribution in [-0.2, 0) is 4.74 Å². The van der Waals surface area contributed by atoms with Crippen LogP contribution in [0.25, 0.3) is 0 Å². The van der Waals surface area contributed by atoms with Gasteiger partial charge in [0.15, 0.2) is 5.11 Å². The molecular formula is C9H18N4O2S. The smallest absolute Gasteiger partial charge is 0.333 e. The van der Waals surface area contributed by atoms with Crippen molar-refractivity contribution in [2.45, 2.75) is 25.9 Å². The number of urea groups is 1. The molecule has 0 aromatic heterocycles. The fourth-order valence-corrected chi connectivity index (χ4v) is 1.51. The fourth-order valence-electron chi connectivity index (χ4n) is 1.37. The number of hydrogen-bond acceptors (Lipinski definition) is 3. The van der Waals surface area contributed by atoms with Crippen molar-refractivity contribution in [2.75, 3.05) is 19.7 Å². The number of carbonyl (C=O) groups excluding carboxylic acids is 1. The molecule has 2 amide bonds. The molecule has 0 aromatic rings. The Balaban J connectivity index is 2.04. The quantitative estimate of drug-likeness (QED) is 0.412. The fraction of sp³-hybridized carbons (Fsp3) is 0.778. The molecule has 1 rings (SSSR count). The molecule has 0 spiro atoms. The lowest BCUT2D eigenvalue weighted by molar-refractivity contribution is 0.114. The van der Waals surface area contributed by atoms with Gasteiger partial charge in [-0.1, -0.05) is 0 Å². The maximum Gasteiger partial charge on any atom is 0.333 e. The van der Waals surface area contributed by atoms with Crippen LogP contribution >= 0.6 is 12.2 Å². The maximum absolute atomic E-state index is 11.0. The molecule has 6 nitrogen and oxygen atoms in total. The van der Waals surface area contributed by atoms with E-state index in [1.54, 1.807) is 0 Å². The number of ether oxygens (including phenoxy) is 1. The van der Waals surface area contributed by atoms with Gasteiger partial charge >= 0.3 is 6.03 Å². The van der Waals surface area contributed by atoms with Gasteiger partial charge < -0.3 is 15.4 Å². The Hall–Kier alpha value is -1.08. The van der Waals surface area contributed by atoms with E-state index in [0.29, 0.717) is 18.2 Å². The molecule has 1 fully saturated rings. The van der Waals surface area contributed by atoms with Gasteiger partial charge in [-0.2, -0.15) is 0 Å². The average Bonchev–Trinajstić information content (AvgIpc) is 2.77. The second-order valence-electron chi connectivity index (χ2n) is 3.45. The Bertz CT molecular complexity index is 244. The van der Waals surface area contributed by atoms with Crippen molar-refractivity contribution in [2.24, 2.45) is 0 Å². The second-order valence-corrected chi connectivity index (χ2v) is 3.86. The highest BCUT2D eigenvalue weighted by Crippen LogP contribution is 2.10. The highest BCUT2D eigenvalue weighted by atomic mass is 32.1. The van der Waals surface area contributed by atoms with E-state index >= 15 is 0 Å². The summed E-state index contributed by atoms with van der Waals surface area (Å²) in [6, 6.07) is -0.302. The van der Waals surface area contributed by atoms with Crippen molar-refractivity contribution >= 4 is 23.4 Å². The van der Waals surface area contributed by atoms with E-state index in [4.69, 9.17) is 17.0 Å². The zero-order valence-corrected chi connectivity index (χ0v) is 10.2. The van der Waals surface area contributed by atoms with Crippen molar-refractivity contribution in [3.05, 3.63) is 0 Å². The molecular weight excluding hydrogens is 228 g/mol. The van der Waals surface area contributed by atoms with E-state index in [1.807, 2.05) is 6.92 Å². The molecule has 0 radical (unpaired) electrons. The molecule has 0 unspecified atom stereocenters. The van der Waals surface area contributed by atoms with Crippen molar-refractivity contribution in [1.82, 2.24) is 21.5 Å². The van der Waals surface area contributed by atoms with E-state index in [9.17, 15) is 4.79 Å². The molecule has 7 heteroatoms. The lowest BCUT2D eigenvalue weighted by Crippen LogP contribution is -2.51. The average molecular weight is 246 g/mol. The second kappa shape index (κ2) is 7.24. The van der Waals surface area contributed by atoms with Crippen LogP contribution in [0.2, 0.25) is 0 Å². The van der Waals surface area contributed by atoms with Crippen LogP contribution in [0.4, 0.5) is 4.79 Å². The summed E-state index contributed by atoms with van der Waals surface area (Å²) in [5.41, 5.74) is 5.01. The van der Waals surface area contributed by atoms with Gasteiger partial charge in [0.05, 0.1) is 6.10 Å². The third-order valence-corrected chi connectivity index (χ3v) is 2.39. The van der Waals surface area contributed by atoms with Crippen LogP contribution in [0.1, 0.15) is 19.8 Å². The molecule has 1 heterocycles. The van der Waals surface area contributed by atoms with Gasteiger partial charge in [-0.25, -0.2) is 10.2 Å². The predicted octanol–water partition coefficient (Wildman–Crippen LogP) is -0.136. The Morgan fingerprint density at radius 3 is 2.88 bits per heavy atom. The summed E-state index contributed by atoms with van der Waals surface area (Å²) in [7, 11) is 0. The Kier molecular flexibility index (Phi) is 5.87. The van der Waals surface area contributed by atoms with Crippen LogP contribution in [-0.4, -0.2) is 36.9 Å². The lowest BCUT2D eigenvalue weighted by Gasteiger charge is -2.14. The monoisotopic (exact) mass is 246 g/mol. The Labute approximate surface area is 100 Å². The molecule has 0 saturated carbocycles. The van der Waals surface area contributed by atoms with Gasteiger partial charge in [0.2, 0.25) is 0 Å². The number of carbonyl (C=O) groups is 1. The van der Waals surface area contributed by atoms with Crippen LogP contribution in [0.15, 0.2) is 0 Å². The molecule has 16 heavy (non-hydrogen) atoms. The minimum atomic E-state index is -0.302. The summed E-state index contributed by atoms with van der Waals surface area (Å²) in [5.74, 6) is 0. The molecule has 4 N–H and O–H groups in total. The zero-order chi connectivity index (χ0) is 11.8. The van der Waals surface area contributed by atoms with Gasteiger partial charge in [0.25, 0.3) is 0 Å². The molecule has 1 aliphatic rings. The minimum absolute atomic E-state index is 0.226. The van der Waals surface area contributed by atoms with Crippen molar-refractivity contribution in [1.29, 1.82) is 0 Å². The number of rotatable bonds is 3. The molecule has 0 bridgehead atoms. The third kappa shape index (κ3) is 5.13. The normalized spacial score (nSPS) is 18.9. The van der Waals surface area contributed by atoms with Gasteiger partial charge in [0, 0.05) is 19.7 Å². The van der Waals surface area contributed by atoms with Crippen molar-refractivity contribution < 1.29 is 9.53 Å². The molecule has 0 aromatic carbocycles. The minimum Gasteiger partial charge on any atom is -0.376 e. The summed E-state index contributed by atoms with van der Waals surface area (Å²) in [6.45, 7) is 3.91. The van der Waals surface area contributed by atoms with E-state index in [2.05, 4.69) is 21.5 Å². The zero-order valence-electron chi connectivity index (χ0n) is 9.34. The van der Waals surface area contributed by atoms with Gasteiger partial charge in [-0.3, -0.25) is 5.43 Å². The van der Waals surface area contributed by atoms with Crippen LogP contribution < -0.4 is 21.5 Å². The summed E-state index contributed by atoms with van der Waals surface area (Å²) in [6.07, 6.45) is 2.38. The number of hydrogen-bond donors (Lipinski definition) is 4. The standard InChI is InChI=1S/C9H18N4O2S/c1-2-10-8(14)12-13-9(16)11-6-7-4-3-5-15-7/h7H,2-6H2,1H3,(H2,10,12,14)(H2,11,13,16)/t7-/m1/s1. The van der Waals surface area contributed by atoms with E-state index < -0.39 is 0 Å². The highest BCUT2D eigenvalue weighted by molar-refractivity contribution is 7.80. The molecule has 92 valence electrons. The first-order chi connectivity index (χ1) is 7.72. The molecule has 1 atom stereocenters. The van der Waals surface area contributed by atoms with Gasteiger partial charge in [-0.05, 0) is 32.0 Å². The maximum atomic E-state index is 11.0. The van der Waals surface area contributed by atoms with Gasteiger partial charge in [0.1, 0.15) is 0 Å². The van der Waals surface area contributed by atoms with Crippen LogP contribution in [0.3, 0.4) is 0 Å². The first-order valence-corrected chi connectivity index (χ1v) is 5.82. The molecule has 0 aliphatic carbocycles.